The smallest absolute Gasteiger partial charge is 0.239 e. The maximum Gasteiger partial charge on any atom is 0.239 e. The van der Waals surface area contributed by atoms with E-state index in [4.69, 9.17) is 0 Å². The highest BCUT2D eigenvalue weighted by Gasteiger charge is 2.28. The Balaban J connectivity index is 1.97. The molecule has 0 radical (unpaired) electrons. The predicted octanol–water partition coefficient (Wildman–Crippen LogP) is 2.25. The number of benzene rings is 1. The molecule has 1 N–H and O–H groups in total. The first kappa shape index (κ1) is 15.3. The monoisotopic (exact) mass is 302 g/mol. The van der Waals surface area contributed by atoms with E-state index < -0.39 is 0 Å². The molecular formula is C15H18N4OS. The third-order valence-corrected chi connectivity index (χ3v) is 4.02. The molecule has 1 aromatic rings. The Bertz CT molecular complexity index is 578. The third kappa shape index (κ3) is 4.19. The number of carbonyl (C=O) groups is 1. The van der Waals surface area contributed by atoms with Gasteiger partial charge in [-0.3, -0.25) is 4.79 Å². The van der Waals surface area contributed by atoms with Crippen LogP contribution in [-0.4, -0.2) is 36.6 Å². The molecule has 1 saturated heterocycles. The van der Waals surface area contributed by atoms with Crippen LogP contribution in [0.25, 0.3) is 0 Å². The molecule has 1 aliphatic rings. The number of nitrogens with one attached hydrogen (secondary N) is 1. The fourth-order valence-electron chi connectivity index (χ4n) is 1.77. The van der Waals surface area contributed by atoms with Crippen LogP contribution in [0.2, 0.25) is 0 Å². The molecule has 0 aliphatic carbocycles. The fourth-order valence-corrected chi connectivity index (χ4v) is 2.69. The van der Waals surface area contributed by atoms with E-state index in [9.17, 15) is 4.79 Å². The van der Waals surface area contributed by atoms with Gasteiger partial charge >= 0.3 is 0 Å². The Kier molecular flexibility index (Phi) is 5.16. The number of carbonyl (C=O) groups excluding carboxylic acids is 1. The fraction of sp³-hybridized carbons (Fsp3) is 0.267. The Labute approximate surface area is 128 Å². The second-order valence-electron chi connectivity index (χ2n) is 4.76. The maximum absolute atomic E-state index is 11.6. The molecule has 0 bridgehead atoms. The molecule has 0 spiro atoms. The molecule has 2 rings (SSSR count). The predicted molar refractivity (Wildman–Crippen MR) is 90.1 cm³/mol. The van der Waals surface area contributed by atoms with Crippen molar-refractivity contribution in [1.29, 1.82) is 0 Å². The van der Waals surface area contributed by atoms with Gasteiger partial charge in [0.05, 0.1) is 11.5 Å². The summed E-state index contributed by atoms with van der Waals surface area (Å²) in [4.78, 5) is 13.6. The summed E-state index contributed by atoms with van der Waals surface area (Å²) in [5, 5.41) is 11.1. The average molecular weight is 302 g/mol. The molecule has 0 aromatic heterocycles. The van der Waals surface area contributed by atoms with E-state index in [0.29, 0.717) is 11.6 Å². The number of amides is 1. The van der Waals surface area contributed by atoms with Crippen molar-refractivity contribution in [1.82, 2.24) is 5.32 Å². The van der Waals surface area contributed by atoms with Crippen molar-refractivity contribution in [3.8, 4) is 0 Å². The Morgan fingerprint density at radius 3 is 2.71 bits per heavy atom. The summed E-state index contributed by atoms with van der Waals surface area (Å²) in [6, 6.07) is 7.97. The molecule has 1 aliphatic heterocycles. The summed E-state index contributed by atoms with van der Waals surface area (Å²) < 4.78 is 0. The number of amidine groups is 1. The minimum absolute atomic E-state index is 0.0378. The van der Waals surface area contributed by atoms with Crippen molar-refractivity contribution >= 4 is 34.7 Å². The Morgan fingerprint density at radius 1 is 1.38 bits per heavy atom. The van der Waals surface area contributed by atoms with Crippen molar-refractivity contribution in [2.75, 3.05) is 19.0 Å². The molecule has 1 heterocycles. The quantitative estimate of drug-likeness (QED) is 0.515. The highest BCUT2D eigenvalue weighted by atomic mass is 32.2. The lowest BCUT2D eigenvalue weighted by Crippen LogP contribution is -2.24. The van der Waals surface area contributed by atoms with Gasteiger partial charge < -0.3 is 10.2 Å². The summed E-state index contributed by atoms with van der Waals surface area (Å²) >= 11 is 1.38. The zero-order chi connectivity index (χ0) is 15.2. The van der Waals surface area contributed by atoms with Gasteiger partial charge in [-0.05, 0) is 24.1 Å². The van der Waals surface area contributed by atoms with Crippen LogP contribution in [0.1, 0.15) is 12.0 Å². The van der Waals surface area contributed by atoms with Crippen LogP contribution in [0.3, 0.4) is 0 Å². The number of rotatable bonds is 5. The van der Waals surface area contributed by atoms with Crippen LogP contribution in [-0.2, 0) is 4.79 Å². The number of thioether (sulfide) groups is 1. The summed E-state index contributed by atoms with van der Waals surface area (Å²) in [7, 11) is 3.99. The van der Waals surface area contributed by atoms with Gasteiger partial charge in [-0.1, -0.05) is 30.0 Å². The van der Waals surface area contributed by atoms with Crippen molar-refractivity contribution in [3.63, 3.8) is 0 Å². The summed E-state index contributed by atoms with van der Waals surface area (Å²) in [6.45, 7) is 3.64. The van der Waals surface area contributed by atoms with Gasteiger partial charge in [-0.2, -0.15) is 5.10 Å². The SMILES string of the molecule is C=CCC1S/C(=N\N=C/c2ccc(N(C)C)cc2)NC1=O. The lowest BCUT2D eigenvalue weighted by Gasteiger charge is -2.11. The van der Waals surface area contributed by atoms with Gasteiger partial charge in [0.1, 0.15) is 0 Å². The molecule has 5 nitrogen and oxygen atoms in total. The standard InChI is InChI=1S/C15H18N4OS/c1-4-5-13-14(20)17-15(21-13)18-16-10-11-6-8-12(9-7-11)19(2)3/h4,6-10,13H,1,5H2,2-3H3,(H,17,18,20)/b16-10-. The Morgan fingerprint density at radius 2 is 2.10 bits per heavy atom. The zero-order valence-corrected chi connectivity index (χ0v) is 12.9. The van der Waals surface area contributed by atoms with Crippen LogP contribution < -0.4 is 10.2 Å². The van der Waals surface area contributed by atoms with Crippen molar-refractivity contribution in [3.05, 3.63) is 42.5 Å². The van der Waals surface area contributed by atoms with E-state index >= 15 is 0 Å². The topological polar surface area (TPSA) is 57.1 Å². The summed E-state index contributed by atoms with van der Waals surface area (Å²) in [5.41, 5.74) is 2.09. The maximum atomic E-state index is 11.6. The lowest BCUT2D eigenvalue weighted by molar-refractivity contribution is -0.118. The van der Waals surface area contributed by atoms with Crippen LogP contribution in [0.5, 0.6) is 0 Å². The molecule has 1 unspecified atom stereocenters. The zero-order valence-electron chi connectivity index (χ0n) is 12.1. The number of hydrogen-bond acceptors (Lipinski definition) is 5. The molecular weight excluding hydrogens is 284 g/mol. The number of anilines is 1. The van der Waals surface area contributed by atoms with Crippen molar-refractivity contribution < 1.29 is 4.79 Å². The van der Waals surface area contributed by atoms with Crippen LogP contribution in [0, 0.1) is 0 Å². The largest absolute Gasteiger partial charge is 0.378 e. The van der Waals surface area contributed by atoms with Gasteiger partial charge in [-0.15, -0.1) is 11.7 Å². The minimum atomic E-state index is -0.143. The number of nitrogens with zero attached hydrogens (tertiary/aromatic N) is 3. The van der Waals surface area contributed by atoms with Gasteiger partial charge in [0.15, 0.2) is 5.17 Å². The molecule has 0 saturated carbocycles. The first-order chi connectivity index (χ1) is 10.1. The molecule has 21 heavy (non-hydrogen) atoms. The van der Waals surface area contributed by atoms with E-state index in [1.807, 2.05) is 43.3 Å². The molecule has 110 valence electrons. The van der Waals surface area contributed by atoms with Gasteiger partial charge in [0.2, 0.25) is 5.91 Å². The van der Waals surface area contributed by atoms with Gasteiger partial charge in [0.25, 0.3) is 0 Å². The van der Waals surface area contributed by atoms with Crippen LogP contribution in [0.4, 0.5) is 5.69 Å². The van der Waals surface area contributed by atoms with Crippen molar-refractivity contribution in [2.45, 2.75) is 11.7 Å². The number of hydrogen-bond donors (Lipinski definition) is 1. The average Bonchev–Trinajstić information content (AvgIpc) is 2.80. The normalized spacial score (nSPS) is 20.0. The molecule has 1 amide bonds. The van der Waals surface area contributed by atoms with Gasteiger partial charge in [0, 0.05) is 19.8 Å². The molecule has 6 heteroatoms. The minimum Gasteiger partial charge on any atom is -0.378 e. The molecule has 1 aromatic carbocycles. The van der Waals surface area contributed by atoms with Crippen molar-refractivity contribution in [2.24, 2.45) is 10.2 Å². The number of allylic oxidation sites excluding steroid dienone is 1. The second-order valence-corrected chi connectivity index (χ2v) is 5.95. The van der Waals surface area contributed by atoms with Crippen LogP contribution >= 0.6 is 11.8 Å². The highest BCUT2D eigenvalue weighted by molar-refractivity contribution is 8.15. The van der Waals surface area contributed by atoms with E-state index in [1.54, 1.807) is 12.3 Å². The second kappa shape index (κ2) is 7.08. The summed E-state index contributed by atoms with van der Waals surface area (Å²) in [5.74, 6) is -0.0378. The Hall–Kier alpha value is -2.08. The van der Waals surface area contributed by atoms with Crippen LogP contribution in [0.15, 0.2) is 47.1 Å². The van der Waals surface area contributed by atoms with E-state index in [0.717, 1.165) is 11.3 Å². The van der Waals surface area contributed by atoms with E-state index in [1.165, 1.54) is 11.8 Å². The highest BCUT2D eigenvalue weighted by Crippen LogP contribution is 2.22. The lowest BCUT2D eigenvalue weighted by atomic mass is 10.2. The third-order valence-electron chi connectivity index (χ3n) is 2.92. The van der Waals surface area contributed by atoms with E-state index in [2.05, 4.69) is 22.1 Å². The molecule has 1 fully saturated rings. The summed E-state index contributed by atoms with van der Waals surface area (Å²) in [6.07, 6.45) is 4.03. The molecule has 1 atom stereocenters. The first-order valence-corrected chi connectivity index (χ1v) is 7.45. The van der Waals surface area contributed by atoms with Gasteiger partial charge in [-0.25, -0.2) is 0 Å². The first-order valence-electron chi connectivity index (χ1n) is 6.57. The van der Waals surface area contributed by atoms with E-state index in [-0.39, 0.29) is 11.2 Å².